The van der Waals surface area contributed by atoms with Gasteiger partial charge in [-0.15, -0.1) is 0 Å². The summed E-state index contributed by atoms with van der Waals surface area (Å²) in [5.74, 6) is 0.870. The van der Waals surface area contributed by atoms with Gasteiger partial charge in [-0.25, -0.2) is 0 Å². The lowest BCUT2D eigenvalue weighted by Gasteiger charge is -2.37. The van der Waals surface area contributed by atoms with Crippen molar-refractivity contribution in [2.24, 2.45) is 5.41 Å². The van der Waals surface area contributed by atoms with Crippen molar-refractivity contribution in [2.45, 2.75) is 53.1 Å². The molecule has 1 aromatic carbocycles. The summed E-state index contributed by atoms with van der Waals surface area (Å²) in [5, 5.41) is 10.8. The summed E-state index contributed by atoms with van der Waals surface area (Å²) in [6, 6.07) is 5.95. The van der Waals surface area contributed by atoms with Gasteiger partial charge in [0.15, 0.2) is 0 Å². The smallest absolute Gasteiger partial charge is 0.121 e. The standard InChI is InChI=1S/C18H26O2/c1-12-7-6-10-18(3,4)16(12)17(19)14-8-9-15(20-5)13(2)11-14/h8-9,11,17,19H,6-7,10H2,1-5H3. The van der Waals surface area contributed by atoms with Crippen molar-refractivity contribution in [2.75, 3.05) is 7.11 Å². The van der Waals surface area contributed by atoms with Crippen LogP contribution in [-0.2, 0) is 0 Å². The van der Waals surface area contributed by atoms with Crippen LogP contribution in [0.4, 0.5) is 0 Å². The highest BCUT2D eigenvalue weighted by atomic mass is 16.5. The third kappa shape index (κ3) is 2.76. The molecule has 0 spiro atoms. The molecule has 1 N–H and O–H groups in total. The molecule has 2 heteroatoms. The molecule has 1 unspecified atom stereocenters. The van der Waals surface area contributed by atoms with Gasteiger partial charge in [-0.3, -0.25) is 0 Å². The minimum atomic E-state index is -0.505. The molecule has 0 heterocycles. The Morgan fingerprint density at radius 2 is 1.95 bits per heavy atom. The third-order valence-electron chi connectivity index (χ3n) is 4.55. The summed E-state index contributed by atoms with van der Waals surface area (Å²) in [5.41, 5.74) is 4.66. The van der Waals surface area contributed by atoms with Gasteiger partial charge in [-0.05, 0) is 67.4 Å². The number of allylic oxidation sites excluding steroid dienone is 1. The summed E-state index contributed by atoms with van der Waals surface area (Å²) >= 11 is 0. The lowest BCUT2D eigenvalue weighted by molar-refractivity contribution is 0.170. The minimum Gasteiger partial charge on any atom is -0.496 e. The van der Waals surface area contributed by atoms with E-state index in [4.69, 9.17) is 4.74 Å². The molecule has 0 aromatic heterocycles. The van der Waals surface area contributed by atoms with E-state index in [-0.39, 0.29) is 5.41 Å². The van der Waals surface area contributed by atoms with Crippen LogP contribution in [0.2, 0.25) is 0 Å². The SMILES string of the molecule is COc1ccc(C(O)C2=C(C)CCCC2(C)C)cc1C. The van der Waals surface area contributed by atoms with E-state index in [0.717, 1.165) is 29.7 Å². The van der Waals surface area contributed by atoms with Gasteiger partial charge in [0, 0.05) is 0 Å². The van der Waals surface area contributed by atoms with E-state index in [9.17, 15) is 5.11 Å². The second-order valence-electron chi connectivity index (χ2n) is 6.56. The maximum atomic E-state index is 10.8. The number of aryl methyl sites for hydroxylation is 1. The van der Waals surface area contributed by atoms with Crippen molar-refractivity contribution in [3.63, 3.8) is 0 Å². The molecular weight excluding hydrogens is 248 g/mol. The first-order valence-electron chi connectivity index (χ1n) is 7.39. The molecule has 110 valence electrons. The highest BCUT2D eigenvalue weighted by Crippen LogP contribution is 2.46. The summed E-state index contributed by atoms with van der Waals surface area (Å²) in [6.45, 7) is 8.66. The number of hydrogen-bond acceptors (Lipinski definition) is 2. The molecule has 0 aliphatic heterocycles. The topological polar surface area (TPSA) is 29.5 Å². The van der Waals surface area contributed by atoms with Crippen LogP contribution in [0, 0.1) is 12.3 Å². The molecule has 0 amide bonds. The molecule has 1 atom stereocenters. The number of aliphatic hydroxyl groups excluding tert-OH is 1. The number of rotatable bonds is 3. The van der Waals surface area contributed by atoms with Crippen LogP contribution in [0.3, 0.4) is 0 Å². The van der Waals surface area contributed by atoms with Gasteiger partial charge in [0.1, 0.15) is 11.9 Å². The van der Waals surface area contributed by atoms with Crippen molar-refractivity contribution in [3.05, 3.63) is 40.5 Å². The number of hydrogen-bond donors (Lipinski definition) is 1. The van der Waals surface area contributed by atoms with E-state index in [1.807, 2.05) is 25.1 Å². The van der Waals surface area contributed by atoms with Gasteiger partial charge < -0.3 is 9.84 Å². The predicted molar refractivity (Wildman–Crippen MR) is 83.0 cm³/mol. The van der Waals surface area contributed by atoms with E-state index in [1.54, 1.807) is 7.11 Å². The van der Waals surface area contributed by atoms with E-state index in [0.29, 0.717) is 0 Å². The van der Waals surface area contributed by atoms with Crippen LogP contribution >= 0.6 is 0 Å². The number of ether oxygens (including phenoxy) is 1. The van der Waals surface area contributed by atoms with Gasteiger partial charge in [0.05, 0.1) is 7.11 Å². The average Bonchev–Trinajstić information content (AvgIpc) is 2.37. The fraction of sp³-hybridized carbons (Fsp3) is 0.556. The zero-order chi connectivity index (χ0) is 14.9. The van der Waals surface area contributed by atoms with E-state index in [1.165, 1.54) is 17.6 Å². The first kappa shape index (κ1) is 15.1. The monoisotopic (exact) mass is 274 g/mol. The second kappa shape index (κ2) is 5.61. The zero-order valence-electron chi connectivity index (χ0n) is 13.3. The fourth-order valence-corrected chi connectivity index (χ4v) is 3.48. The van der Waals surface area contributed by atoms with Crippen LogP contribution in [-0.4, -0.2) is 12.2 Å². The van der Waals surface area contributed by atoms with Crippen LogP contribution in [0.5, 0.6) is 5.75 Å². The van der Waals surface area contributed by atoms with Crippen molar-refractivity contribution >= 4 is 0 Å². The molecule has 1 aliphatic rings. The Bertz CT molecular complexity index is 526. The molecule has 2 nitrogen and oxygen atoms in total. The molecule has 0 saturated carbocycles. The molecular formula is C18H26O2. The van der Waals surface area contributed by atoms with Crippen molar-refractivity contribution in [1.82, 2.24) is 0 Å². The van der Waals surface area contributed by atoms with Gasteiger partial charge >= 0.3 is 0 Å². The first-order chi connectivity index (χ1) is 9.36. The predicted octanol–water partition coefficient (Wildman–Crippen LogP) is 4.56. The highest BCUT2D eigenvalue weighted by molar-refractivity contribution is 5.41. The Labute approximate surface area is 122 Å². The Hall–Kier alpha value is -1.28. The lowest BCUT2D eigenvalue weighted by atomic mass is 9.69. The maximum absolute atomic E-state index is 10.8. The molecule has 0 fully saturated rings. The fourth-order valence-electron chi connectivity index (χ4n) is 3.48. The average molecular weight is 274 g/mol. The quantitative estimate of drug-likeness (QED) is 0.818. The highest BCUT2D eigenvalue weighted by Gasteiger charge is 2.33. The number of aliphatic hydroxyl groups is 1. The minimum absolute atomic E-state index is 0.0790. The van der Waals surface area contributed by atoms with Crippen molar-refractivity contribution in [3.8, 4) is 5.75 Å². The summed E-state index contributed by atoms with van der Waals surface area (Å²) in [6.07, 6.45) is 2.96. The molecule has 20 heavy (non-hydrogen) atoms. The third-order valence-corrected chi connectivity index (χ3v) is 4.55. The van der Waals surface area contributed by atoms with Gasteiger partial charge in [0.2, 0.25) is 0 Å². The van der Waals surface area contributed by atoms with Gasteiger partial charge in [-0.2, -0.15) is 0 Å². The van der Waals surface area contributed by atoms with Crippen LogP contribution < -0.4 is 4.74 Å². The molecule has 1 aromatic rings. The van der Waals surface area contributed by atoms with Crippen molar-refractivity contribution < 1.29 is 9.84 Å². The Morgan fingerprint density at radius 3 is 2.50 bits per heavy atom. The van der Waals surface area contributed by atoms with Gasteiger partial charge in [-0.1, -0.05) is 25.5 Å². The molecule has 0 bridgehead atoms. The normalized spacial score (nSPS) is 19.9. The zero-order valence-corrected chi connectivity index (χ0v) is 13.3. The first-order valence-corrected chi connectivity index (χ1v) is 7.39. The van der Waals surface area contributed by atoms with Crippen LogP contribution in [0.1, 0.15) is 57.3 Å². The molecule has 0 saturated heterocycles. The van der Waals surface area contributed by atoms with E-state index < -0.39 is 6.10 Å². The number of benzene rings is 1. The summed E-state index contributed by atoms with van der Waals surface area (Å²) in [7, 11) is 1.68. The van der Waals surface area contributed by atoms with Crippen LogP contribution in [0.15, 0.2) is 29.3 Å². The second-order valence-corrected chi connectivity index (χ2v) is 6.56. The van der Waals surface area contributed by atoms with E-state index in [2.05, 4.69) is 20.8 Å². The number of methoxy groups -OCH3 is 1. The largest absolute Gasteiger partial charge is 0.496 e. The Morgan fingerprint density at radius 1 is 1.25 bits per heavy atom. The van der Waals surface area contributed by atoms with Gasteiger partial charge in [0.25, 0.3) is 0 Å². The van der Waals surface area contributed by atoms with Crippen molar-refractivity contribution in [1.29, 1.82) is 0 Å². The molecule has 2 rings (SSSR count). The van der Waals surface area contributed by atoms with E-state index >= 15 is 0 Å². The Kier molecular flexibility index (Phi) is 4.24. The van der Waals surface area contributed by atoms with Crippen LogP contribution in [0.25, 0.3) is 0 Å². The summed E-state index contributed by atoms with van der Waals surface area (Å²) < 4.78 is 5.29. The molecule has 0 radical (unpaired) electrons. The lowest BCUT2D eigenvalue weighted by Crippen LogP contribution is -2.25. The summed E-state index contributed by atoms with van der Waals surface area (Å²) in [4.78, 5) is 0. The molecule has 1 aliphatic carbocycles. The Balaban J connectivity index is 2.40. The maximum Gasteiger partial charge on any atom is 0.121 e.